The summed E-state index contributed by atoms with van der Waals surface area (Å²) in [4.78, 5) is 4.23. The Morgan fingerprint density at radius 2 is 2.21 bits per heavy atom. The fraction of sp³-hybridized carbons (Fsp3) is 0.400. The van der Waals surface area contributed by atoms with E-state index in [1.54, 1.807) is 6.07 Å². The quantitative estimate of drug-likeness (QED) is 0.869. The molecule has 0 fully saturated rings. The van der Waals surface area contributed by atoms with E-state index < -0.39 is 0 Å². The van der Waals surface area contributed by atoms with Crippen molar-refractivity contribution in [1.29, 1.82) is 0 Å². The van der Waals surface area contributed by atoms with Gasteiger partial charge in [-0.15, -0.1) is 0 Å². The van der Waals surface area contributed by atoms with Crippen molar-refractivity contribution in [3.63, 3.8) is 0 Å². The Morgan fingerprint density at radius 1 is 1.42 bits per heavy atom. The fourth-order valence-electron chi connectivity index (χ4n) is 2.07. The van der Waals surface area contributed by atoms with E-state index >= 15 is 0 Å². The van der Waals surface area contributed by atoms with E-state index in [0.29, 0.717) is 18.5 Å². The first-order valence-electron chi connectivity index (χ1n) is 6.59. The predicted octanol–water partition coefficient (Wildman–Crippen LogP) is 3.26. The molecule has 0 aliphatic heterocycles. The second-order valence-electron chi connectivity index (χ2n) is 4.72. The monoisotopic (exact) mass is 262 g/mol. The number of hydrogen-bond donors (Lipinski definition) is 2. The zero-order chi connectivity index (χ0) is 13.8. The van der Waals surface area contributed by atoms with Crippen LogP contribution in [0.5, 0.6) is 0 Å². The van der Waals surface area contributed by atoms with Crippen LogP contribution in [-0.2, 0) is 0 Å². The number of rotatable bonds is 5. The molecular weight excluding hydrogens is 243 g/mol. The Balaban J connectivity index is 2.25. The molecule has 0 aliphatic carbocycles. The minimum absolute atomic E-state index is 0.293. The van der Waals surface area contributed by atoms with E-state index in [2.05, 4.69) is 10.3 Å². The number of halogens is 1. The van der Waals surface area contributed by atoms with Crippen LogP contribution in [-0.4, -0.2) is 22.7 Å². The van der Waals surface area contributed by atoms with Crippen molar-refractivity contribution in [2.75, 3.05) is 11.9 Å². The third-order valence-corrected chi connectivity index (χ3v) is 3.18. The molecule has 1 heterocycles. The van der Waals surface area contributed by atoms with Crippen molar-refractivity contribution in [2.24, 2.45) is 0 Å². The van der Waals surface area contributed by atoms with Gasteiger partial charge in [0.15, 0.2) is 0 Å². The maximum atomic E-state index is 13.7. The minimum Gasteiger partial charge on any atom is -0.393 e. The molecule has 0 spiro atoms. The number of hydrogen-bond acceptors (Lipinski definition) is 3. The standard InChI is InChI=1S/C15H19FN2O/c1-3-11(19)7-8-17-14-9-10(2)18-15-12(14)5-4-6-13(15)16/h4-6,9,11,19H,3,7-8H2,1-2H3,(H,17,18). The largest absolute Gasteiger partial charge is 0.393 e. The molecule has 2 rings (SSSR count). The molecule has 1 unspecified atom stereocenters. The molecule has 0 aliphatic rings. The average molecular weight is 262 g/mol. The molecule has 0 saturated carbocycles. The summed E-state index contributed by atoms with van der Waals surface area (Å²) in [5.41, 5.74) is 2.03. The lowest BCUT2D eigenvalue weighted by Crippen LogP contribution is -2.12. The van der Waals surface area contributed by atoms with Crippen LogP contribution in [0.25, 0.3) is 10.9 Å². The number of para-hydroxylation sites is 1. The van der Waals surface area contributed by atoms with Crippen LogP contribution < -0.4 is 5.32 Å². The normalized spacial score (nSPS) is 12.6. The number of benzene rings is 1. The Labute approximate surface area is 112 Å². The summed E-state index contributed by atoms with van der Waals surface area (Å²) in [5.74, 6) is -0.308. The number of aliphatic hydroxyl groups excluding tert-OH is 1. The highest BCUT2D eigenvalue weighted by molar-refractivity contribution is 5.91. The lowest BCUT2D eigenvalue weighted by molar-refractivity contribution is 0.164. The van der Waals surface area contributed by atoms with Gasteiger partial charge in [0, 0.05) is 23.3 Å². The smallest absolute Gasteiger partial charge is 0.149 e. The molecule has 2 N–H and O–H groups in total. The molecule has 1 atom stereocenters. The topological polar surface area (TPSA) is 45.1 Å². The molecular formula is C15H19FN2O. The second kappa shape index (κ2) is 5.97. The molecule has 0 amide bonds. The number of nitrogens with zero attached hydrogens (tertiary/aromatic N) is 1. The Bertz CT molecular complexity index is 571. The minimum atomic E-state index is -0.308. The van der Waals surface area contributed by atoms with Crippen molar-refractivity contribution in [3.05, 3.63) is 35.8 Å². The number of nitrogens with one attached hydrogen (secondary N) is 1. The zero-order valence-corrected chi connectivity index (χ0v) is 11.3. The highest BCUT2D eigenvalue weighted by atomic mass is 19.1. The number of aryl methyl sites for hydroxylation is 1. The molecule has 19 heavy (non-hydrogen) atoms. The van der Waals surface area contributed by atoms with Crippen LogP contribution in [0.4, 0.5) is 10.1 Å². The molecule has 4 heteroatoms. The molecule has 3 nitrogen and oxygen atoms in total. The van der Waals surface area contributed by atoms with E-state index in [9.17, 15) is 9.50 Å². The van der Waals surface area contributed by atoms with Crippen molar-refractivity contribution < 1.29 is 9.50 Å². The van der Waals surface area contributed by atoms with Gasteiger partial charge >= 0.3 is 0 Å². The van der Waals surface area contributed by atoms with E-state index in [1.807, 2.05) is 26.0 Å². The van der Waals surface area contributed by atoms with E-state index in [-0.39, 0.29) is 11.9 Å². The zero-order valence-electron chi connectivity index (χ0n) is 11.3. The maximum absolute atomic E-state index is 13.7. The van der Waals surface area contributed by atoms with Crippen LogP contribution in [0.2, 0.25) is 0 Å². The Morgan fingerprint density at radius 3 is 2.95 bits per heavy atom. The average Bonchev–Trinajstić information content (AvgIpc) is 2.39. The second-order valence-corrected chi connectivity index (χ2v) is 4.72. The van der Waals surface area contributed by atoms with Crippen LogP contribution >= 0.6 is 0 Å². The summed E-state index contributed by atoms with van der Waals surface area (Å²) in [6.07, 6.45) is 1.12. The molecule has 0 saturated heterocycles. The Hall–Kier alpha value is -1.68. The van der Waals surface area contributed by atoms with Crippen LogP contribution in [0, 0.1) is 12.7 Å². The summed E-state index contributed by atoms with van der Waals surface area (Å²) in [6.45, 7) is 4.45. The van der Waals surface area contributed by atoms with Crippen molar-refractivity contribution >= 4 is 16.6 Å². The van der Waals surface area contributed by atoms with Crippen LogP contribution in [0.15, 0.2) is 24.3 Å². The number of anilines is 1. The van der Waals surface area contributed by atoms with Gasteiger partial charge in [0.1, 0.15) is 11.3 Å². The molecule has 102 valence electrons. The van der Waals surface area contributed by atoms with Gasteiger partial charge in [0.25, 0.3) is 0 Å². The van der Waals surface area contributed by atoms with Gasteiger partial charge in [-0.3, -0.25) is 0 Å². The summed E-state index contributed by atoms with van der Waals surface area (Å²) in [5, 5.41) is 13.6. The van der Waals surface area contributed by atoms with Gasteiger partial charge < -0.3 is 10.4 Å². The SMILES string of the molecule is CCC(O)CCNc1cc(C)nc2c(F)cccc12. The lowest BCUT2D eigenvalue weighted by Gasteiger charge is -2.13. The van der Waals surface area contributed by atoms with E-state index in [1.165, 1.54) is 6.07 Å². The molecule has 2 aromatic rings. The first-order valence-corrected chi connectivity index (χ1v) is 6.59. The summed E-state index contributed by atoms with van der Waals surface area (Å²) >= 11 is 0. The summed E-state index contributed by atoms with van der Waals surface area (Å²) in [7, 11) is 0. The summed E-state index contributed by atoms with van der Waals surface area (Å²) < 4.78 is 13.7. The number of fused-ring (bicyclic) bond motifs is 1. The molecule has 0 radical (unpaired) electrons. The molecule has 1 aromatic carbocycles. The Kier molecular flexibility index (Phi) is 4.32. The highest BCUT2D eigenvalue weighted by Gasteiger charge is 2.08. The van der Waals surface area contributed by atoms with Gasteiger partial charge in [0.2, 0.25) is 0 Å². The third kappa shape index (κ3) is 3.20. The van der Waals surface area contributed by atoms with Gasteiger partial charge in [0.05, 0.1) is 6.10 Å². The number of aromatic nitrogens is 1. The van der Waals surface area contributed by atoms with Crippen molar-refractivity contribution in [3.8, 4) is 0 Å². The van der Waals surface area contributed by atoms with Crippen molar-refractivity contribution in [1.82, 2.24) is 4.98 Å². The van der Waals surface area contributed by atoms with E-state index in [4.69, 9.17) is 0 Å². The van der Waals surface area contributed by atoms with Crippen LogP contribution in [0.3, 0.4) is 0 Å². The van der Waals surface area contributed by atoms with Gasteiger partial charge in [-0.1, -0.05) is 19.1 Å². The predicted molar refractivity (Wildman–Crippen MR) is 75.8 cm³/mol. The highest BCUT2D eigenvalue weighted by Crippen LogP contribution is 2.25. The summed E-state index contributed by atoms with van der Waals surface area (Å²) in [6, 6.07) is 6.85. The maximum Gasteiger partial charge on any atom is 0.149 e. The number of pyridine rings is 1. The van der Waals surface area contributed by atoms with Crippen molar-refractivity contribution in [2.45, 2.75) is 32.8 Å². The number of aliphatic hydroxyl groups is 1. The van der Waals surface area contributed by atoms with Gasteiger partial charge in [-0.2, -0.15) is 0 Å². The van der Waals surface area contributed by atoms with Gasteiger partial charge in [-0.05, 0) is 31.9 Å². The molecule has 0 bridgehead atoms. The van der Waals surface area contributed by atoms with Crippen LogP contribution in [0.1, 0.15) is 25.5 Å². The lowest BCUT2D eigenvalue weighted by atomic mass is 10.1. The third-order valence-electron chi connectivity index (χ3n) is 3.18. The van der Waals surface area contributed by atoms with Gasteiger partial charge in [-0.25, -0.2) is 9.37 Å². The first-order chi connectivity index (χ1) is 9.11. The fourth-order valence-corrected chi connectivity index (χ4v) is 2.07. The van der Waals surface area contributed by atoms with E-state index in [0.717, 1.165) is 23.2 Å². The first kappa shape index (κ1) is 13.7. The molecule has 1 aromatic heterocycles.